The molecule has 3 aromatic rings. The molecule has 5 aliphatic carbocycles. The minimum atomic E-state index is -3.55. The summed E-state index contributed by atoms with van der Waals surface area (Å²) in [6.45, 7) is 14.9. The van der Waals surface area contributed by atoms with Crippen LogP contribution in [0.2, 0.25) is 0 Å². The van der Waals surface area contributed by atoms with Gasteiger partial charge in [-0.1, -0.05) is 88.7 Å². The molecule has 1 saturated heterocycles. The lowest BCUT2D eigenvalue weighted by Crippen LogP contribution is -2.64. The standard InChI is InChI=1S/C48H63N3O4S/c1-45(2)38(34-14-16-35(17-15-34)44(52)53)20-24-47(4)42(45)22-25-46(3)39-21-26-48(23-8-12-40(48)37(39)18-19-43(46)47)49-27-28-50-29-31-51(32-30-50)56(54,55)41-13-7-10-33-9-5-6-11-36(33)41/h5-7,9-11,13-17,20,37,39-40,42-43,49H,8,12,18-19,21-32H2,1-4H3,(H,52,53)/t37-,39?,40?,42?,43?,46-,47-,48-/m0/s1. The van der Waals surface area contributed by atoms with E-state index in [1.165, 1.54) is 68.9 Å². The third kappa shape index (κ3) is 6.05. The normalized spacial score (nSPS) is 35.9. The zero-order chi connectivity index (χ0) is 39.1. The first-order valence-electron chi connectivity index (χ1n) is 21.8. The van der Waals surface area contributed by atoms with Gasteiger partial charge in [0.2, 0.25) is 10.0 Å². The van der Waals surface area contributed by atoms with Crippen LogP contribution < -0.4 is 5.32 Å². The van der Waals surface area contributed by atoms with Gasteiger partial charge in [0.15, 0.2) is 0 Å². The number of nitrogens with one attached hydrogen (secondary N) is 1. The molecule has 0 radical (unpaired) electrons. The van der Waals surface area contributed by atoms with Crippen molar-refractivity contribution in [2.24, 2.45) is 45.8 Å². The average molecular weight is 778 g/mol. The fraction of sp³-hybridized carbons (Fsp3) is 0.604. The van der Waals surface area contributed by atoms with E-state index in [1.54, 1.807) is 22.5 Å². The van der Waals surface area contributed by atoms with Crippen LogP contribution in [0, 0.1) is 45.8 Å². The molecule has 300 valence electrons. The van der Waals surface area contributed by atoms with E-state index < -0.39 is 16.0 Å². The summed E-state index contributed by atoms with van der Waals surface area (Å²) in [4.78, 5) is 14.4. The maximum Gasteiger partial charge on any atom is 0.335 e. The highest BCUT2D eigenvalue weighted by Crippen LogP contribution is 2.72. The van der Waals surface area contributed by atoms with Crippen molar-refractivity contribution in [2.45, 2.75) is 102 Å². The number of carboxylic acid groups (broad SMARTS) is 1. The summed E-state index contributed by atoms with van der Waals surface area (Å²) in [5, 5.41) is 15.5. The molecule has 4 unspecified atom stereocenters. The summed E-state index contributed by atoms with van der Waals surface area (Å²) in [7, 11) is -3.55. The van der Waals surface area contributed by atoms with Crippen LogP contribution in [0.4, 0.5) is 0 Å². The summed E-state index contributed by atoms with van der Waals surface area (Å²) >= 11 is 0. The Hall–Kier alpha value is -3.04. The zero-order valence-electron chi connectivity index (χ0n) is 34.1. The van der Waals surface area contributed by atoms with E-state index in [2.05, 4.69) is 44.0 Å². The summed E-state index contributed by atoms with van der Waals surface area (Å²) in [5.41, 5.74) is 3.88. The molecular weight excluding hydrogens is 715 g/mol. The van der Waals surface area contributed by atoms with Crippen LogP contribution in [-0.4, -0.2) is 73.5 Å². The van der Waals surface area contributed by atoms with Crippen molar-refractivity contribution in [3.05, 3.63) is 83.9 Å². The number of hydrogen-bond donors (Lipinski definition) is 2. The molecule has 2 N–H and O–H groups in total. The molecule has 8 atom stereocenters. The van der Waals surface area contributed by atoms with Crippen molar-refractivity contribution in [2.75, 3.05) is 39.3 Å². The second-order valence-corrected chi connectivity index (χ2v) is 21.7. The van der Waals surface area contributed by atoms with Crippen molar-refractivity contribution in [1.29, 1.82) is 0 Å². The molecule has 1 heterocycles. The number of piperazine rings is 1. The van der Waals surface area contributed by atoms with E-state index >= 15 is 0 Å². The number of carbonyl (C=O) groups is 1. The second kappa shape index (κ2) is 14.1. The summed E-state index contributed by atoms with van der Waals surface area (Å²) < 4.78 is 29.2. The van der Waals surface area contributed by atoms with Crippen molar-refractivity contribution in [3.8, 4) is 0 Å². The monoisotopic (exact) mass is 777 g/mol. The number of sulfonamides is 1. The van der Waals surface area contributed by atoms with Crippen molar-refractivity contribution < 1.29 is 18.3 Å². The quantitative estimate of drug-likeness (QED) is 0.237. The van der Waals surface area contributed by atoms with Gasteiger partial charge in [0.1, 0.15) is 0 Å². The molecule has 0 bridgehead atoms. The van der Waals surface area contributed by atoms with E-state index in [9.17, 15) is 18.3 Å². The number of aromatic carboxylic acids is 1. The van der Waals surface area contributed by atoms with Crippen molar-refractivity contribution >= 4 is 32.3 Å². The van der Waals surface area contributed by atoms with Crippen LogP contribution in [0.15, 0.2) is 77.7 Å². The molecule has 5 fully saturated rings. The van der Waals surface area contributed by atoms with Gasteiger partial charge < -0.3 is 10.4 Å². The number of rotatable bonds is 8. The van der Waals surface area contributed by atoms with Crippen LogP contribution in [0.3, 0.4) is 0 Å². The summed E-state index contributed by atoms with van der Waals surface area (Å²) in [6, 6.07) is 21.0. The van der Waals surface area contributed by atoms with E-state index in [0.29, 0.717) is 34.9 Å². The highest BCUT2D eigenvalue weighted by molar-refractivity contribution is 7.89. The van der Waals surface area contributed by atoms with Crippen LogP contribution in [0.25, 0.3) is 16.3 Å². The van der Waals surface area contributed by atoms with Gasteiger partial charge in [-0.15, -0.1) is 0 Å². The predicted octanol–water partition coefficient (Wildman–Crippen LogP) is 9.35. The van der Waals surface area contributed by atoms with Gasteiger partial charge in [0, 0.05) is 50.2 Å². The van der Waals surface area contributed by atoms with E-state index in [-0.39, 0.29) is 16.4 Å². The van der Waals surface area contributed by atoms with Crippen LogP contribution in [0.1, 0.15) is 108 Å². The number of fused-ring (bicyclic) bond motifs is 8. The molecular formula is C48H63N3O4S. The third-order valence-electron chi connectivity index (χ3n) is 17.1. The topological polar surface area (TPSA) is 89.9 Å². The van der Waals surface area contributed by atoms with Crippen LogP contribution in [-0.2, 0) is 10.0 Å². The average Bonchev–Trinajstić information content (AvgIpc) is 3.62. The van der Waals surface area contributed by atoms with Crippen molar-refractivity contribution in [1.82, 2.24) is 14.5 Å². The lowest BCUT2D eigenvalue weighted by atomic mass is 9.37. The molecule has 56 heavy (non-hydrogen) atoms. The van der Waals surface area contributed by atoms with Gasteiger partial charge in [0.25, 0.3) is 0 Å². The maximum atomic E-state index is 13.8. The molecule has 4 saturated carbocycles. The van der Waals surface area contributed by atoms with Crippen molar-refractivity contribution in [3.63, 3.8) is 0 Å². The van der Waals surface area contributed by atoms with E-state index in [4.69, 9.17) is 0 Å². The Balaban J connectivity index is 0.842. The Morgan fingerprint density at radius 3 is 2.30 bits per heavy atom. The van der Waals surface area contributed by atoms with E-state index in [1.807, 2.05) is 48.5 Å². The molecule has 0 amide bonds. The molecule has 9 rings (SSSR count). The number of nitrogens with zero attached hydrogens (tertiary/aromatic N) is 2. The molecule has 0 aromatic heterocycles. The highest BCUT2D eigenvalue weighted by atomic mass is 32.2. The summed E-state index contributed by atoms with van der Waals surface area (Å²) in [5.74, 6) is 2.83. The first-order valence-corrected chi connectivity index (χ1v) is 23.2. The zero-order valence-corrected chi connectivity index (χ0v) is 34.9. The Labute approximate surface area is 335 Å². The Morgan fingerprint density at radius 1 is 0.786 bits per heavy atom. The lowest BCUT2D eigenvalue weighted by Gasteiger charge is -2.68. The minimum Gasteiger partial charge on any atom is -0.478 e. The molecule has 1 aliphatic heterocycles. The largest absolute Gasteiger partial charge is 0.478 e. The highest BCUT2D eigenvalue weighted by Gasteiger charge is 2.65. The van der Waals surface area contributed by atoms with Gasteiger partial charge in [-0.25, -0.2) is 13.2 Å². The second-order valence-electron chi connectivity index (χ2n) is 19.8. The molecule has 8 heteroatoms. The Morgan fingerprint density at radius 2 is 1.54 bits per heavy atom. The first-order chi connectivity index (χ1) is 26.8. The smallest absolute Gasteiger partial charge is 0.335 e. The van der Waals surface area contributed by atoms with E-state index in [0.717, 1.165) is 67.0 Å². The minimum absolute atomic E-state index is 0.0324. The number of benzene rings is 3. The molecule has 0 spiro atoms. The van der Waals surface area contributed by atoms with Crippen LogP contribution >= 0.6 is 0 Å². The molecule has 3 aromatic carbocycles. The first kappa shape index (κ1) is 38.5. The van der Waals surface area contributed by atoms with Gasteiger partial charge in [-0.3, -0.25) is 4.90 Å². The number of allylic oxidation sites excluding steroid dienone is 2. The Bertz CT molecular complexity index is 2120. The van der Waals surface area contributed by atoms with Crippen LogP contribution in [0.5, 0.6) is 0 Å². The lowest BCUT2D eigenvalue weighted by molar-refractivity contribution is -0.172. The molecule has 7 nitrogen and oxygen atoms in total. The fourth-order valence-electron chi connectivity index (χ4n) is 14.6. The Kier molecular flexibility index (Phi) is 9.66. The SMILES string of the molecule is CC1(C)C(c2ccc(C(=O)O)cc2)=CC[C@@]2(C)C1CC[C@@]1(C)C3CC[C@@]4(NCCN5CCN(S(=O)(=O)c6cccc7ccccc67)CC5)CCCC4[C@H]3CCC12. The molecule has 6 aliphatic rings. The van der Waals surface area contributed by atoms with Gasteiger partial charge in [-0.2, -0.15) is 4.31 Å². The number of hydrogen-bond acceptors (Lipinski definition) is 5. The fourth-order valence-corrected chi connectivity index (χ4v) is 16.3. The third-order valence-corrected chi connectivity index (χ3v) is 19.1. The van der Waals surface area contributed by atoms with Gasteiger partial charge >= 0.3 is 5.97 Å². The number of carboxylic acids is 1. The van der Waals surface area contributed by atoms with Gasteiger partial charge in [-0.05, 0) is 138 Å². The maximum absolute atomic E-state index is 13.8. The summed E-state index contributed by atoms with van der Waals surface area (Å²) in [6.07, 6.45) is 15.6. The predicted molar refractivity (Wildman–Crippen MR) is 225 cm³/mol. The van der Waals surface area contributed by atoms with Gasteiger partial charge in [0.05, 0.1) is 10.5 Å².